The molecule has 1 N–H and O–H groups in total. The predicted octanol–water partition coefficient (Wildman–Crippen LogP) is 3.79. The number of carbonyl (C=O) groups is 1. The average molecular weight is 436 g/mol. The van der Waals surface area contributed by atoms with Crippen LogP contribution in [0.3, 0.4) is 0 Å². The maximum Gasteiger partial charge on any atom is 0.338 e. The van der Waals surface area contributed by atoms with E-state index >= 15 is 0 Å². The molecule has 0 atom stereocenters. The van der Waals surface area contributed by atoms with Gasteiger partial charge >= 0.3 is 5.97 Å². The second-order valence-corrected chi connectivity index (χ2v) is 8.44. The summed E-state index contributed by atoms with van der Waals surface area (Å²) in [5.74, 6) is 0.540. The molecule has 4 rings (SSSR count). The zero-order valence-electron chi connectivity index (χ0n) is 16.7. The Kier molecular flexibility index (Phi) is 5.73. The lowest BCUT2D eigenvalue weighted by Crippen LogP contribution is -2.13. The lowest BCUT2D eigenvalue weighted by Gasteiger charge is -2.10. The number of anilines is 1. The van der Waals surface area contributed by atoms with Crippen molar-refractivity contribution in [3.05, 3.63) is 89.5 Å². The van der Waals surface area contributed by atoms with Gasteiger partial charge in [-0.2, -0.15) is 8.42 Å². The molecule has 8 heteroatoms. The lowest BCUT2D eigenvalue weighted by atomic mass is 10.1. The average Bonchev–Trinajstić information content (AvgIpc) is 3.03. The smallest absolute Gasteiger partial charge is 0.338 e. The molecule has 1 aliphatic heterocycles. The van der Waals surface area contributed by atoms with Gasteiger partial charge in [-0.1, -0.05) is 30.3 Å². The maximum absolute atomic E-state index is 12.2. The molecule has 0 saturated carbocycles. The van der Waals surface area contributed by atoms with E-state index in [9.17, 15) is 13.2 Å². The van der Waals surface area contributed by atoms with E-state index in [0.717, 1.165) is 11.3 Å². The Morgan fingerprint density at radius 3 is 2.42 bits per heavy atom. The van der Waals surface area contributed by atoms with Gasteiger partial charge in [0.15, 0.2) is 5.84 Å². The van der Waals surface area contributed by atoms with Crippen molar-refractivity contribution >= 4 is 27.5 Å². The van der Waals surface area contributed by atoms with Crippen LogP contribution in [0.2, 0.25) is 0 Å². The number of nitrogens with zero attached hydrogens (tertiary/aromatic N) is 1. The highest BCUT2D eigenvalue weighted by atomic mass is 32.2. The molecule has 0 aromatic heterocycles. The van der Waals surface area contributed by atoms with Crippen LogP contribution in [0.15, 0.2) is 82.1 Å². The molecule has 7 nitrogen and oxygen atoms in total. The molecule has 0 saturated heterocycles. The fourth-order valence-corrected chi connectivity index (χ4v) is 4.29. The lowest BCUT2D eigenvalue weighted by molar-refractivity contribution is 0.0450. The number of hydrogen-bond donors (Lipinski definition) is 1. The number of para-hydroxylation sites is 1. The second kappa shape index (κ2) is 8.61. The predicted molar refractivity (Wildman–Crippen MR) is 117 cm³/mol. The Morgan fingerprint density at radius 2 is 1.65 bits per heavy atom. The van der Waals surface area contributed by atoms with E-state index in [4.69, 9.17) is 9.47 Å². The number of sulfonamides is 1. The fraction of sp³-hybridized carbons (Fsp3) is 0.130. The molecule has 3 aromatic rings. The van der Waals surface area contributed by atoms with Crippen LogP contribution in [0.5, 0.6) is 5.75 Å². The van der Waals surface area contributed by atoms with Gasteiger partial charge in [0.1, 0.15) is 23.9 Å². The summed E-state index contributed by atoms with van der Waals surface area (Å²) >= 11 is 0. The first kappa shape index (κ1) is 20.6. The van der Waals surface area contributed by atoms with Crippen molar-refractivity contribution < 1.29 is 22.7 Å². The van der Waals surface area contributed by atoms with Gasteiger partial charge in [-0.3, -0.25) is 0 Å². The molecule has 3 aromatic carbocycles. The van der Waals surface area contributed by atoms with Gasteiger partial charge in [-0.05, 0) is 55.0 Å². The number of amidine groups is 1. The van der Waals surface area contributed by atoms with E-state index < -0.39 is 16.0 Å². The van der Waals surface area contributed by atoms with Crippen LogP contribution in [0.1, 0.15) is 21.5 Å². The molecule has 1 aliphatic rings. The van der Waals surface area contributed by atoms with E-state index in [1.807, 2.05) is 31.2 Å². The number of carbonyl (C=O) groups excluding carboxylic acids is 1. The Labute approximate surface area is 180 Å². The van der Waals surface area contributed by atoms with Gasteiger partial charge in [0, 0.05) is 11.3 Å². The maximum atomic E-state index is 12.2. The fourth-order valence-electron chi connectivity index (χ4n) is 3.11. The number of nitrogens with one attached hydrogen (secondary N) is 1. The van der Waals surface area contributed by atoms with Crippen LogP contribution in [-0.4, -0.2) is 33.4 Å². The molecule has 158 valence electrons. The molecule has 31 heavy (non-hydrogen) atoms. The first-order chi connectivity index (χ1) is 14.9. The molecular formula is C23H20N2O5S. The van der Waals surface area contributed by atoms with E-state index in [-0.39, 0.29) is 23.9 Å². The summed E-state index contributed by atoms with van der Waals surface area (Å²) in [6.07, 6.45) is 0. The van der Waals surface area contributed by atoms with Crippen LogP contribution in [0.4, 0.5) is 5.69 Å². The van der Waals surface area contributed by atoms with Gasteiger partial charge in [0.05, 0.1) is 5.56 Å². The monoisotopic (exact) mass is 436 g/mol. The van der Waals surface area contributed by atoms with Crippen LogP contribution in [0.25, 0.3) is 0 Å². The minimum absolute atomic E-state index is 0.124. The highest BCUT2D eigenvalue weighted by Gasteiger charge is 2.28. The Balaban J connectivity index is 1.33. The molecule has 0 radical (unpaired) electrons. The van der Waals surface area contributed by atoms with Crippen molar-refractivity contribution in [3.63, 3.8) is 0 Å². The van der Waals surface area contributed by atoms with Gasteiger partial charge in [0.2, 0.25) is 0 Å². The number of benzene rings is 3. The largest absolute Gasteiger partial charge is 0.490 e. The SMILES string of the molecule is Cc1ccccc1OCCOC(=O)c1ccc(NC2=NS(=O)(=O)c3ccccc32)cc1. The van der Waals surface area contributed by atoms with Crippen molar-refractivity contribution in [1.82, 2.24) is 0 Å². The van der Waals surface area contributed by atoms with Gasteiger partial charge in [0.25, 0.3) is 10.0 Å². The van der Waals surface area contributed by atoms with Gasteiger partial charge in [-0.25, -0.2) is 4.79 Å². The molecule has 1 heterocycles. The number of aryl methyl sites for hydroxylation is 1. The summed E-state index contributed by atoms with van der Waals surface area (Å²) in [5.41, 5.74) is 2.51. The molecule has 0 aliphatic carbocycles. The van der Waals surface area contributed by atoms with Crippen LogP contribution in [0, 0.1) is 6.92 Å². The second-order valence-electron chi connectivity index (χ2n) is 6.86. The summed E-state index contributed by atoms with van der Waals surface area (Å²) in [6.45, 7) is 2.32. The third-order valence-electron chi connectivity index (χ3n) is 4.68. The van der Waals surface area contributed by atoms with Crippen molar-refractivity contribution in [1.29, 1.82) is 0 Å². The number of esters is 1. The molecule has 0 spiro atoms. The third-order valence-corrected chi connectivity index (χ3v) is 6.02. The van der Waals surface area contributed by atoms with E-state index in [1.165, 1.54) is 6.07 Å². The Hall–Kier alpha value is -3.65. The minimum atomic E-state index is -3.69. The standard InChI is InChI=1S/C23H20N2O5S/c1-16-6-2-4-8-20(16)29-14-15-30-23(26)17-10-12-18(13-11-17)24-22-19-7-3-5-9-21(19)31(27,28)25-22/h2-13H,14-15H2,1H3,(H,24,25). The molecule has 0 fully saturated rings. The highest BCUT2D eigenvalue weighted by Crippen LogP contribution is 2.26. The topological polar surface area (TPSA) is 94.1 Å². The normalized spacial score (nSPS) is 13.8. The quantitative estimate of drug-likeness (QED) is 0.467. The number of hydrogen-bond acceptors (Lipinski definition) is 6. The minimum Gasteiger partial charge on any atom is -0.490 e. The summed E-state index contributed by atoms with van der Waals surface area (Å²) in [4.78, 5) is 12.4. The molecular weight excluding hydrogens is 416 g/mol. The van der Waals surface area contributed by atoms with Crippen molar-refractivity contribution in [2.24, 2.45) is 4.40 Å². The number of rotatable bonds is 6. The van der Waals surface area contributed by atoms with Gasteiger partial charge < -0.3 is 14.8 Å². The van der Waals surface area contributed by atoms with E-state index in [1.54, 1.807) is 42.5 Å². The third kappa shape index (κ3) is 4.59. The zero-order chi connectivity index (χ0) is 21.8. The first-order valence-corrected chi connectivity index (χ1v) is 11.0. The first-order valence-electron chi connectivity index (χ1n) is 9.61. The number of fused-ring (bicyclic) bond motifs is 1. The van der Waals surface area contributed by atoms with Gasteiger partial charge in [-0.15, -0.1) is 4.40 Å². The van der Waals surface area contributed by atoms with Crippen LogP contribution < -0.4 is 10.1 Å². The Morgan fingerprint density at radius 1 is 0.935 bits per heavy atom. The van der Waals surface area contributed by atoms with Crippen molar-refractivity contribution in [2.75, 3.05) is 18.5 Å². The van der Waals surface area contributed by atoms with E-state index in [2.05, 4.69) is 9.71 Å². The molecule has 0 bridgehead atoms. The summed E-state index contributed by atoms with van der Waals surface area (Å²) in [5, 5.41) is 2.99. The van der Waals surface area contributed by atoms with Crippen LogP contribution >= 0.6 is 0 Å². The van der Waals surface area contributed by atoms with Crippen LogP contribution in [-0.2, 0) is 14.8 Å². The van der Waals surface area contributed by atoms with Crippen molar-refractivity contribution in [3.8, 4) is 5.75 Å². The highest BCUT2D eigenvalue weighted by molar-refractivity contribution is 7.90. The number of ether oxygens (including phenoxy) is 2. The summed E-state index contributed by atoms with van der Waals surface area (Å²) in [6, 6.07) is 20.8. The Bertz CT molecular complexity index is 1250. The molecule has 0 unspecified atom stereocenters. The molecule has 0 amide bonds. The summed E-state index contributed by atoms with van der Waals surface area (Å²) in [7, 11) is -3.69. The zero-order valence-corrected chi connectivity index (χ0v) is 17.6. The summed E-state index contributed by atoms with van der Waals surface area (Å²) < 4.78 is 38.9. The van der Waals surface area contributed by atoms with E-state index in [0.29, 0.717) is 16.8 Å². The van der Waals surface area contributed by atoms with Crippen molar-refractivity contribution in [2.45, 2.75) is 11.8 Å².